The van der Waals surface area contributed by atoms with Gasteiger partial charge in [0, 0.05) is 18.7 Å². The van der Waals surface area contributed by atoms with Crippen molar-refractivity contribution < 1.29 is 13.2 Å². The molecule has 0 unspecified atom stereocenters. The van der Waals surface area contributed by atoms with E-state index in [9.17, 15) is 13.2 Å². The lowest BCUT2D eigenvalue weighted by Crippen LogP contribution is -2.04. The van der Waals surface area contributed by atoms with E-state index in [2.05, 4.69) is 15.6 Å². The molecule has 6 heteroatoms. The summed E-state index contributed by atoms with van der Waals surface area (Å²) in [4.78, 5) is 4.19. The van der Waals surface area contributed by atoms with Gasteiger partial charge in [0.1, 0.15) is 17.5 Å². The van der Waals surface area contributed by atoms with Gasteiger partial charge in [-0.15, -0.1) is 0 Å². The van der Waals surface area contributed by atoms with Crippen LogP contribution in [0.1, 0.15) is 13.3 Å². The van der Waals surface area contributed by atoms with Gasteiger partial charge >= 0.3 is 0 Å². The number of aromatic nitrogens is 1. The zero-order valence-corrected chi connectivity index (χ0v) is 10.9. The van der Waals surface area contributed by atoms with E-state index >= 15 is 0 Å². The van der Waals surface area contributed by atoms with Crippen molar-refractivity contribution in [2.75, 3.05) is 17.2 Å². The summed E-state index contributed by atoms with van der Waals surface area (Å²) in [7, 11) is 0. The molecular weight excluding hydrogens is 267 g/mol. The van der Waals surface area contributed by atoms with Crippen LogP contribution in [0, 0.1) is 17.5 Å². The molecule has 1 aromatic carbocycles. The standard InChI is InChI=1S/C14H14F3N3/c1-2-6-18-13-4-3-5-14(20-13)19-12-8-10(16)9(15)7-11(12)17/h3-5,7-8H,2,6H2,1H3,(H2,18,19,20). The number of pyridine rings is 1. The summed E-state index contributed by atoms with van der Waals surface area (Å²) >= 11 is 0. The fourth-order valence-corrected chi connectivity index (χ4v) is 1.61. The first-order valence-electron chi connectivity index (χ1n) is 6.22. The molecule has 0 spiro atoms. The van der Waals surface area contributed by atoms with Crippen molar-refractivity contribution in [3.05, 3.63) is 47.8 Å². The van der Waals surface area contributed by atoms with Crippen molar-refractivity contribution >= 4 is 17.3 Å². The molecule has 0 saturated heterocycles. The topological polar surface area (TPSA) is 37.0 Å². The summed E-state index contributed by atoms with van der Waals surface area (Å²) in [6.45, 7) is 2.78. The van der Waals surface area contributed by atoms with Crippen molar-refractivity contribution in [1.29, 1.82) is 0 Å². The average molecular weight is 281 g/mol. The van der Waals surface area contributed by atoms with Crippen LogP contribution in [0.15, 0.2) is 30.3 Å². The van der Waals surface area contributed by atoms with Gasteiger partial charge in [0.25, 0.3) is 0 Å². The lowest BCUT2D eigenvalue weighted by Gasteiger charge is -2.09. The van der Waals surface area contributed by atoms with Crippen molar-refractivity contribution in [2.24, 2.45) is 0 Å². The Morgan fingerprint density at radius 2 is 1.70 bits per heavy atom. The predicted octanol–water partition coefficient (Wildman–Crippen LogP) is 4.06. The van der Waals surface area contributed by atoms with E-state index < -0.39 is 17.5 Å². The molecule has 0 radical (unpaired) electrons. The van der Waals surface area contributed by atoms with Crippen molar-refractivity contribution in [3.8, 4) is 0 Å². The third kappa shape index (κ3) is 3.40. The average Bonchev–Trinajstić information content (AvgIpc) is 2.43. The van der Waals surface area contributed by atoms with Gasteiger partial charge in [-0.2, -0.15) is 0 Å². The van der Waals surface area contributed by atoms with E-state index in [0.717, 1.165) is 19.0 Å². The van der Waals surface area contributed by atoms with Crippen LogP contribution < -0.4 is 10.6 Å². The number of nitrogens with zero attached hydrogens (tertiary/aromatic N) is 1. The highest BCUT2D eigenvalue weighted by atomic mass is 19.2. The number of hydrogen-bond donors (Lipinski definition) is 2. The summed E-state index contributed by atoms with van der Waals surface area (Å²) in [6.07, 6.45) is 0.942. The number of nitrogens with one attached hydrogen (secondary N) is 2. The first kappa shape index (κ1) is 14.2. The first-order chi connectivity index (χ1) is 9.60. The molecule has 1 aromatic heterocycles. The van der Waals surface area contributed by atoms with E-state index in [4.69, 9.17) is 0 Å². The molecule has 106 valence electrons. The minimum atomic E-state index is -1.22. The normalized spacial score (nSPS) is 10.4. The van der Waals surface area contributed by atoms with Crippen LogP contribution >= 0.6 is 0 Å². The van der Waals surface area contributed by atoms with Crippen LogP contribution in [0.5, 0.6) is 0 Å². The van der Waals surface area contributed by atoms with Gasteiger partial charge < -0.3 is 10.6 Å². The minimum Gasteiger partial charge on any atom is -0.370 e. The number of benzene rings is 1. The Bertz CT molecular complexity index is 602. The lowest BCUT2D eigenvalue weighted by atomic mass is 10.2. The van der Waals surface area contributed by atoms with E-state index in [0.29, 0.717) is 17.7 Å². The fraction of sp³-hybridized carbons (Fsp3) is 0.214. The predicted molar refractivity (Wildman–Crippen MR) is 72.6 cm³/mol. The molecular formula is C14H14F3N3. The molecule has 2 aromatic rings. The smallest absolute Gasteiger partial charge is 0.161 e. The molecule has 1 heterocycles. The van der Waals surface area contributed by atoms with Crippen molar-refractivity contribution in [2.45, 2.75) is 13.3 Å². The van der Waals surface area contributed by atoms with Crippen LogP contribution in [0.25, 0.3) is 0 Å². The maximum Gasteiger partial charge on any atom is 0.161 e. The van der Waals surface area contributed by atoms with Gasteiger partial charge in [-0.1, -0.05) is 13.0 Å². The molecule has 0 atom stereocenters. The third-order valence-electron chi connectivity index (χ3n) is 2.58. The van der Waals surface area contributed by atoms with Crippen LogP contribution in [0.4, 0.5) is 30.5 Å². The second-order valence-electron chi connectivity index (χ2n) is 4.21. The SMILES string of the molecule is CCCNc1cccc(Nc2cc(F)c(F)cc2F)n1. The molecule has 0 bridgehead atoms. The molecule has 20 heavy (non-hydrogen) atoms. The molecule has 0 aliphatic rings. The summed E-state index contributed by atoms with van der Waals surface area (Å²) in [5.41, 5.74) is -0.163. The molecule has 2 N–H and O–H groups in total. The molecule has 2 rings (SSSR count). The highest BCUT2D eigenvalue weighted by Gasteiger charge is 2.10. The van der Waals surface area contributed by atoms with Crippen molar-refractivity contribution in [3.63, 3.8) is 0 Å². The number of anilines is 3. The Hall–Kier alpha value is -2.24. The molecule has 0 fully saturated rings. The van der Waals surface area contributed by atoms with Gasteiger partial charge in [-0.3, -0.25) is 0 Å². The molecule has 0 aliphatic carbocycles. The molecule has 0 saturated carbocycles. The Kier molecular flexibility index (Phi) is 4.45. The van der Waals surface area contributed by atoms with E-state index in [1.807, 2.05) is 6.92 Å². The number of rotatable bonds is 5. The largest absolute Gasteiger partial charge is 0.370 e. The Balaban J connectivity index is 2.19. The lowest BCUT2D eigenvalue weighted by molar-refractivity contribution is 0.496. The van der Waals surface area contributed by atoms with Crippen molar-refractivity contribution in [1.82, 2.24) is 4.98 Å². The van der Waals surface area contributed by atoms with Crippen LogP contribution in [-0.2, 0) is 0 Å². The highest BCUT2D eigenvalue weighted by molar-refractivity contribution is 5.58. The monoisotopic (exact) mass is 281 g/mol. The molecule has 0 amide bonds. The summed E-state index contributed by atoms with van der Waals surface area (Å²) in [6, 6.07) is 6.36. The van der Waals surface area contributed by atoms with Gasteiger partial charge in [0.2, 0.25) is 0 Å². The van der Waals surface area contributed by atoms with Crippen LogP contribution in [-0.4, -0.2) is 11.5 Å². The quantitative estimate of drug-likeness (QED) is 0.811. The van der Waals surface area contributed by atoms with Gasteiger partial charge in [0.05, 0.1) is 5.69 Å². The van der Waals surface area contributed by atoms with Crippen LogP contribution in [0.2, 0.25) is 0 Å². The maximum atomic E-state index is 13.5. The second-order valence-corrected chi connectivity index (χ2v) is 4.21. The molecule has 0 aliphatic heterocycles. The Labute approximate surface area is 114 Å². The van der Waals surface area contributed by atoms with Crippen LogP contribution in [0.3, 0.4) is 0 Å². The third-order valence-corrected chi connectivity index (χ3v) is 2.58. The van der Waals surface area contributed by atoms with E-state index in [1.54, 1.807) is 18.2 Å². The molecule has 3 nitrogen and oxygen atoms in total. The summed E-state index contributed by atoms with van der Waals surface area (Å²) in [5.74, 6) is -2.25. The van der Waals surface area contributed by atoms with Gasteiger partial charge in [-0.05, 0) is 18.6 Å². The first-order valence-corrected chi connectivity index (χ1v) is 6.22. The van der Waals surface area contributed by atoms with Gasteiger partial charge in [0.15, 0.2) is 11.6 Å². The zero-order chi connectivity index (χ0) is 14.5. The maximum absolute atomic E-state index is 13.5. The Morgan fingerprint density at radius 3 is 2.45 bits per heavy atom. The summed E-state index contributed by atoms with van der Waals surface area (Å²) in [5, 5.41) is 5.70. The number of halogens is 3. The zero-order valence-electron chi connectivity index (χ0n) is 10.9. The minimum absolute atomic E-state index is 0.163. The fourth-order valence-electron chi connectivity index (χ4n) is 1.61. The summed E-state index contributed by atoms with van der Waals surface area (Å²) < 4.78 is 39.4. The van der Waals surface area contributed by atoms with E-state index in [-0.39, 0.29) is 5.69 Å². The van der Waals surface area contributed by atoms with Gasteiger partial charge in [-0.25, -0.2) is 18.2 Å². The number of hydrogen-bond acceptors (Lipinski definition) is 3. The Morgan fingerprint density at radius 1 is 1.00 bits per heavy atom. The highest BCUT2D eigenvalue weighted by Crippen LogP contribution is 2.22. The van der Waals surface area contributed by atoms with E-state index in [1.165, 1.54) is 0 Å². The second kappa shape index (κ2) is 6.27.